The third-order valence-corrected chi connectivity index (χ3v) is 4.15. The zero-order valence-electron chi connectivity index (χ0n) is 11.4. The predicted octanol–water partition coefficient (Wildman–Crippen LogP) is 5.42. The molecule has 0 amide bonds. The molecule has 5 heteroatoms. The number of fused-ring (bicyclic) bond motifs is 1. The van der Waals surface area contributed by atoms with Gasteiger partial charge in [-0.05, 0) is 36.8 Å². The maximum atomic E-state index is 6.37. The third kappa shape index (κ3) is 2.64. The van der Waals surface area contributed by atoms with E-state index < -0.39 is 0 Å². The molecule has 0 radical (unpaired) electrons. The average Bonchev–Trinajstić information content (AvgIpc) is 2.79. The molecule has 0 saturated heterocycles. The fraction of sp³-hybridized carbons (Fsp3) is 0.188. The van der Waals surface area contributed by atoms with E-state index in [2.05, 4.69) is 4.57 Å². The van der Waals surface area contributed by atoms with Crippen LogP contribution in [0.2, 0.25) is 10.0 Å². The third-order valence-electron chi connectivity index (χ3n) is 3.43. The molecule has 0 bridgehead atoms. The van der Waals surface area contributed by atoms with Crippen molar-refractivity contribution in [1.29, 1.82) is 0 Å². The lowest BCUT2D eigenvalue weighted by atomic mass is 10.2. The number of para-hydroxylation sites is 1. The lowest BCUT2D eigenvalue weighted by molar-refractivity contribution is 0.912. The first-order valence-corrected chi connectivity index (χ1v) is 7.89. The van der Waals surface area contributed by atoms with Gasteiger partial charge >= 0.3 is 0 Å². The zero-order chi connectivity index (χ0) is 15.0. The molecular weight excluding hydrogens is 327 g/mol. The van der Waals surface area contributed by atoms with Crippen LogP contribution in [0, 0.1) is 6.92 Å². The second kappa shape index (κ2) is 5.88. The topological polar surface area (TPSA) is 17.8 Å². The van der Waals surface area contributed by atoms with Gasteiger partial charge in [0.2, 0.25) is 0 Å². The van der Waals surface area contributed by atoms with Crippen molar-refractivity contribution in [2.24, 2.45) is 0 Å². The minimum atomic E-state index is 0.508. The second-order valence-electron chi connectivity index (χ2n) is 4.84. The quantitative estimate of drug-likeness (QED) is 0.582. The van der Waals surface area contributed by atoms with Gasteiger partial charge in [-0.3, -0.25) is 4.57 Å². The van der Waals surface area contributed by atoms with E-state index in [1.807, 2.05) is 37.3 Å². The van der Waals surface area contributed by atoms with Crippen molar-refractivity contribution in [3.05, 3.63) is 57.8 Å². The Morgan fingerprint density at radius 2 is 1.95 bits per heavy atom. The van der Waals surface area contributed by atoms with Crippen LogP contribution >= 0.6 is 34.8 Å². The highest BCUT2D eigenvalue weighted by Crippen LogP contribution is 2.30. The van der Waals surface area contributed by atoms with E-state index >= 15 is 0 Å². The van der Waals surface area contributed by atoms with Crippen LogP contribution in [0.25, 0.3) is 16.7 Å². The Kier molecular flexibility index (Phi) is 4.12. The number of nitrogens with zero attached hydrogens (tertiary/aromatic N) is 2. The van der Waals surface area contributed by atoms with Gasteiger partial charge in [-0.15, -0.1) is 11.6 Å². The van der Waals surface area contributed by atoms with Crippen LogP contribution in [0.4, 0.5) is 0 Å². The highest BCUT2D eigenvalue weighted by atomic mass is 35.5. The first-order valence-electron chi connectivity index (χ1n) is 6.60. The van der Waals surface area contributed by atoms with Crippen LogP contribution in [0.1, 0.15) is 11.4 Å². The van der Waals surface area contributed by atoms with Crippen molar-refractivity contribution in [3.63, 3.8) is 0 Å². The Hall–Kier alpha value is -1.22. The number of alkyl halides is 1. The van der Waals surface area contributed by atoms with Gasteiger partial charge in [0.1, 0.15) is 5.82 Å². The molecule has 0 aliphatic carbocycles. The lowest BCUT2D eigenvalue weighted by Gasteiger charge is -2.11. The molecule has 0 N–H and O–H groups in total. The maximum Gasteiger partial charge on any atom is 0.115 e. The molecule has 1 aromatic heterocycles. The molecule has 0 atom stereocenters. The number of aromatic nitrogens is 2. The van der Waals surface area contributed by atoms with E-state index in [4.69, 9.17) is 39.8 Å². The van der Waals surface area contributed by atoms with E-state index in [1.165, 1.54) is 0 Å². The van der Waals surface area contributed by atoms with Crippen LogP contribution in [0.15, 0.2) is 36.4 Å². The SMILES string of the molecule is Cc1cccc2c1nc(CCCl)n2-c1ccc(Cl)cc1Cl. The number of imidazole rings is 1. The maximum absolute atomic E-state index is 6.37. The van der Waals surface area contributed by atoms with Gasteiger partial charge in [-0.25, -0.2) is 4.98 Å². The van der Waals surface area contributed by atoms with Crippen molar-refractivity contribution in [2.45, 2.75) is 13.3 Å². The first-order chi connectivity index (χ1) is 10.1. The second-order valence-corrected chi connectivity index (χ2v) is 6.06. The van der Waals surface area contributed by atoms with E-state index in [0.717, 1.165) is 28.1 Å². The molecule has 3 rings (SSSR count). The number of benzene rings is 2. The normalized spacial score (nSPS) is 11.2. The Balaban J connectivity index is 2.33. The van der Waals surface area contributed by atoms with E-state index in [0.29, 0.717) is 22.3 Å². The van der Waals surface area contributed by atoms with Gasteiger partial charge in [0.25, 0.3) is 0 Å². The average molecular weight is 340 g/mol. The van der Waals surface area contributed by atoms with Gasteiger partial charge in [-0.2, -0.15) is 0 Å². The number of hydrogen-bond acceptors (Lipinski definition) is 1. The van der Waals surface area contributed by atoms with Gasteiger partial charge in [0.15, 0.2) is 0 Å². The zero-order valence-corrected chi connectivity index (χ0v) is 13.7. The molecule has 0 unspecified atom stereocenters. The van der Waals surface area contributed by atoms with Crippen molar-refractivity contribution in [3.8, 4) is 5.69 Å². The molecule has 1 heterocycles. The molecule has 108 valence electrons. The number of halogens is 3. The molecule has 0 aliphatic rings. The summed E-state index contributed by atoms with van der Waals surface area (Å²) in [4.78, 5) is 4.73. The highest BCUT2D eigenvalue weighted by molar-refractivity contribution is 6.35. The molecule has 0 spiro atoms. The summed E-state index contributed by atoms with van der Waals surface area (Å²) in [5, 5.41) is 1.21. The van der Waals surface area contributed by atoms with Crippen molar-refractivity contribution in [1.82, 2.24) is 9.55 Å². The van der Waals surface area contributed by atoms with Crippen molar-refractivity contribution in [2.75, 3.05) is 5.88 Å². The van der Waals surface area contributed by atoms with Crippen molar-refractivity contribution < 1.29 is 0 Å². The van der Waals surface area contributed by atoms with Gasteiger partial charge in [0, 0.05) is 17.3 Å². The number of aryl methyl sites for hydroxylation is 2. The van der Waals surface area contributed by atoms with E-state index in [-0.39, 0.29) is 0 Å². The molecule has 21 heavy (non-hydrogen) atoms. The summed E-state index contributed by atoms with van der Waals surface area (Å²) in [5.74, 6) is 1.41. The van der Waals surface area contributed by atoms with Gasteiger partial charge in [-0.1, -0.05) is 35.3 Å². The van der Waals surface area contributed by atoms with E-state index in [1.54, 1.807) is 6.07 Å². The summed E-state index contributed by atoms with van der Waals surface area (Å²) in [7, 11) is 0. The molecule has 3 aromatic rings. The predicted molar refractivity (Wildman–Crippen MR) is 90.3 cm³/mol. The Morgan fingerprint density at radius 1 is 1.14 bits per heavy atom. The molecule has 2 nitrogen and oxygen atoms in total. The fourth-order valence-corrected chi connectivity index (χ4v) is 3.13. The highest BCUT2D eigenvalue weighted by Gasteiger charge is 2.15. The van der Waals surface area contributed by atoms with Crippen molar-refractivity contribution >= 4 is 45.8 Å². The Bertz CT molecular complexity index is 809. The molecule has 0 saturated carbocycles. The largest absolute Gasteiger partial charge is 0.295 e. The Labute approximate surface area is 138 Å². The first kappa shape index (κ1) is 14.7. The summed E-state index contributed by atoms with van der Waals surface area (Å²) in [6, 6.07) is 11.6. The summed E-state index contributed by atoms with van der Waals surface area (Å²) < 4.78 is 2.06. The fourth-order valence-electron chi connectivity index (χ4n) is 2.47. The minimum Gasteiger partial charge on any atom is -0.295 e. The Morgan fingerprint density at radius 3 is 2.67 bits per heavy atom. The number of rotatable bonds is 3. The van der Waals surface area contributed by atoms with Crippen LogP contribution < -0.4 is 0 Å². The molecule has 2 aromatic carbocycles. The molecule has 0 aliphatic heterocycles. The van der Waals surface area contributed by atoms with Gasteiger partial charge < -0.3 is 0 Å². The van der Waals surface area contributed by atoms with Gasteiger partial charge in [0.05, 0.1) is 21.7 Å². The summed E-state index contributed by atoms with van der Waals surface area (Å²) in [5.41, 5.74) is 4.00. The standard InChI is InChI=1S/C16H13Cl3N2/c1-10-3-2-4-14-16(10)20-15(7-8-17)21(14)13-6-5-11(18)9-12(13)19/h2-6,9H,7-8H2,1H3. The molecular formula is C16H13Cl3N2. The van der Waals surface area contributed by atoms with Crippen LogP contribution in [0.3, 0.4) is 0 Å². The van der Waals surface area contributed by atoms with Crippen LogP contribution in [-0.4, -0.2) is 15.4 Å². The van der Waals surface area contributed by atoms with Crippen LogP contribution in [0.5, 0.6) is 0 Å². The summed E-state index contributed by atoms with van der Waals surface area (Å²) in [6.45, 7) is 2.05. The molecule has 0 fully saturated rings. The lowest BCUT2D eigenvalue weighted by Crippen LogP contribution is -2.02. The van der Waals surface area contributed by atoms with Crippen LogP contribution in [-0.2, 0) is 6.42 Å². The minimum absolute atomic E-state index is 0.508. The smallest absolute Gasteiger partial charge is 0.115 e. The summed E-state index contributed by atoms with van der Waals surface area (Å²) >= 11 is 18.3. The summed E-state index contributed by atoms with van der Waals surface area (Å²) in [6.07, 6.45) is 0.675. The number of hydrogen-bond donors (Lipinski definition) is 0. The monoisotopic (exact) mass is 338 g/mol. The van der Waals surface area contributed by atoms with E-state index in [9.17, 15) is 0 Å².